The average Bonchev–Trinajstić information content (AvgIpc) is 2.88. The fourth-order valence-corrected chi connectivity index (χ4v) is 2.77. The molecule has 0 bridgehead atoms. The van der Waals surface area contributed by atoms with Crippen LogP contribution in [0.4, 0.5) is 0 Å². The molecule has 1 amide bonds. The molecule has 0 saturated carbocycles. The van der Waals surface area contributed by atoms with Crippen molar-refractivity contribution in [1.82, 2.24) is 15.1 Å². The van der Waals surface area contributed by atoms with Crippen molar-refractivity contribution in [2.75, 3.05) is 0 Å². The van der Waals surface area contributed by atoms with Gasteiger partial charge in [0.15, 0.2) is 0 Å². The fraction of sp³-hybridized carbons (Fsp3) is 0.238. The zero-order valence-corrected chi connectivity index (χ0v) is 15.5. The van der Waals surface area contributed by atoms with Gasteiger partial charge in [-0.15, -0.1) is 0 Å². The highest BCUT2D eigenvalue weighted by Crippen LogP contribution is 2.22. The van der Waals surface area contributed by atoms with Gasteiger partial charge < -0.3 is 10.1 Å². The van der Waals surface area contributed by atoms with E-state index in [0.717, 1.165) is 28.3 Å². The Morgan fingerprint density at radius 1 is 1.00 bits per heavy atom. The Morgan fingerprint density at radius 3 is 2.12 bits per heavy atom. The van der Waals surface area contributed by atoms with Gasteiger partial charge in [-0.3, -0.25) is 9.48 Å². The highest BCUT2D eigenvalue weighted by molar-refractivity contribution is 5.94. The molecule has 0 saturated heterocycles. The van der Waals surface area contributed by atoms with E-state index in [-0.39, 0.29) is 5.91 Å². The molecule has 0 aliphatic heterocycles. The monoisotopic (exact) mass is 349 g/mol. The molecule has 1 N–H and O–H groups in total. The summed E-state index contributed by atoms with van der Waals surface area (Å²) in [6.45, 7) is 6.31. The molecule has 1 aromatic heterocycles. The van der Waals surface area contributed by atoms with Gasteiger partial charge in [-0.1, -0.05) is 29.8 Å². The van der Waals surface area contributed by atoms with E-state index in [1.807, 2.05) is 69.3 Å². The summed E-state index contributed by atoms with van der Waals surface area (Å²) in [5.74, 6) is 1.45. The fourth-order valence-electron chi connectivity index (χ4n) is 2.77. The molecule has 0 spiro atoms. The maximum Gasteiger partial charge on any atom is 0.270 e. The third-order valence-electron chi connectivity index (χ3n) is 4.37. The van der Waals surface area contributed by atoms with Gasteiger partial charge in [0.05, 0.1) is 5.69 Å². The SMILES string of the molecule is Cc1ccc(Oc2ccc(CNC(=O)c3c(C)c(C)nn3C)cc2)cc1. The van der Waals surface area contributed by atoms with Crippen LogP contribution in [0, 0.1) is 20.8 Å². The third kappa shape index (κ3) is 3.94. The molecule has 26 heavy (non-hydrogen) atoms. The Balaban J connectivity index is 1.60. The molecule has 0 radical (unpaired) electrons. The lowest BCUT2D eigenvalue weighted by Crippen LogP contribution is -2.25. The second-order valence-corrected chi connectivity index (χ2v) is 6.42. The minimum Gasteiger partial charge on any atom is -0.457 e. The number of nitrogens with zero attached hydrogens (tertiary/aromatic N) is 2. The number of hydrogen-bond donors (Lipinski definition) is 1. The van der Waals surface area contributed by atoms with Gasteiger partial charge in [0.25, 0.3) is 5.91 Å². The summed E-state index contributed by atoms with van der Waals surface area (Å²) in [6, 6.07) is 15.6. The van der Waals surface area contributed by atoms with Crippen molar-refractivity contribution in [2.24, 2.45) is 7.05 Å². The molecular weight excluding hydrogens is 326 g/mol. The highest BCUT2D eigenvalue weighted by Gasteiger charge is 2.16. The van der Waals surface area contributed by atoms with Crippen molar-refractivity contribution in [1.29, 1.82) is 0 Å². The van der Waals surface area contributed by atoms with Crippen molar-refractivity contribution in [3.8, 4) is 11.5 Å². The lowest BCUT2D eigenvalue weighted by Gasteiger charge is -2.09. The first-order chi connectivity index (χ1) is 12.4. The molecule has 5 nitrogen and oxygen atoms in total. The van der Waals surface area contributed by atoms with Gasteiger partial charge in [-0.05, 0) is 50.6 Å². The molecule has 5 heteroatoms. The standard InChI is InChI=1S/C21H23N3O2/c1-14-5-9-18(10-6-14)26-19-11-7-17(8-12-19)13-22-21(25)20-15(2)16(3)23-24(20)4/h5-12H,13H2,1-4H3,(H,22,25). The van der Waals surface area contributed by atoms with Crippen LogP contribution >= 0.6 is 0 Å². The third-order valence-corrected chi connectivity index (χ3v) is 4.37. The summed E-state index contributed by atoms with van der Waals surface area (Å²) in [5.41, 5.74) is 4.58. The lowest BCUT2D eigenvalue weighted by molar-refractivity contribution is 0.0941. The summed E-state index contributed by atoms with van der Waals surface area (Å²) in [6.07, 6.45) is 0. The number of amides is 1. The molecule has 2 aromatic carbocycles. The van der Waals surface area contributed by atoms with Crippen molar-refractivity contribution in [3.05, 3.63) is 76.6 Å². The summed E-state index contributed by atoms with van der Waals surface area (Å²) < 4.78 is 7.44. The summed E-state index contributed by atoms with van der Waals surface area (Å²) >= 11 is 0. The summed E-state index contributed by atoms with van der Waals surface area (Å²) in [4.78, 5) is 12.4. The molecule has 0 atom stereocenters. The van der Waals surface area contributed by atoms with Crippen LogP contribution in [0.5, 0.6) is 11.5 Å². The smallest absolute Gasteiger partial charge is 0.270 e. The number of ether oxygens (including phenoxy) is 1. The second-order valence-electron chi connectivity index (χ2n) is 6.42. The number of nitrogens with one attached hydrogen (secondary N) is 1. The zero-order valence-electron chi connectivity index (χ0n) is 15.5. The number of hydrogen-bond acceptors (Lipinski definition) is 3. The Morgan fingerprint density at radius 2 is 1.58 bits per heavy atom. The number of aryl methyl sites for hydroxylation is 3. The van der Waals surface area contributed by atoms with Crippen molar-refractivity contribution >= 4 is 5.91 Å². The summed E-state index contributed by atoms with van der Waals surface area (Å²) in [5, 5.41) is 7.23. The van der Waals surface area contributed by atoms with Gasteiger partial charge in [0.1, 0.15) is 17.2 Å². The van der Waals surface area contributed by atoms with Crippen LogP contribution in [0.25, 0.3) is 0 Å². The highest BCUT2D eigenvalue weighted by atomic mass is 16.5. The first-order valence-corrected chi connectivity index (χ1v) is 8.56. The normalized spacial score (nSPS) is 10.6. The number of rotatable bonds is 5. The molecule has 3 aromatic rings. The lowest BCUT2D eigenvalue weighted by atomic mass is 10.2. The largest absolute Gasteiger partial charge is 0.457 e. The van der Waals surface area contributed by atoms with E-state index in [9.17, 15) is 4.79 Å². The molecule has 0 aliphatic rings. The maximum absolute atomic E-state index is 12.4. The predicted octanol–water partition coefficient (Wildman–Crippen LogP) is 4.07. The van der Waals surface area contributed by atoms with Crippen molar-refractivity contribution in [3.63, 3.8) is 0 Å². The Kier molecular flexibility index (Phi) is 5.07. The van der Waals surface area contributed by atoms with Crippen molar-refractivity contribution in [2.45, 2.75) is 27.3 Å². The van der Waals surface area contributed by atoms with E-state index < -0.39 is 0 Å². The van der Waals surface area contributed by atoms with E-state index in [1.54, 1.807) is 11.7 Å². The minimum absolute atomic E-state index is 0.120. The van der Waals surface area contributed by atoms with Crippen LogP contribution in [-0.4, -0.2) is 15.7 Å². The van der Waals surface area contributed by atoms with Gasteiger partial charge in [0, 0.05) is 19.2 Å². The number of benzene rings is 2. The van der Waals surface area contributed by atoms with E-state index in [0.29, 0.717) is 12.2 Å². The molecule has 0 fully saturated rings. The van der Waals surface area contributed by atoms with Crippen LogP contribution in [0.2, 0.25) is 0 Å². The van der Waals surface area contributed by atoms with E-state index in [2.05, 4.69) is 10.4 Å². The van der Waals surface area contributed by atoms with E-state index >= 15 is 0 Å². The molecule has 1 heterocycles. The maximum atomic E-state index is 12.4. The van der Waals surface area contributed by atoms with Gasteiger partial charge in [-0.25, -0.2) is 0 Å². The van der Waals surface area contributed by atoms with E-state index in [4.69, 9.17) is 4.74 Å². The van der Waals surface area contributed by atoms with Crippen molar-refractivity contribution < 1.29 is 9.53 Å². The number of aromatic nitrogens is 2. The number of carbonyl (C=O) groups excluding carboxylic acids is 1. The topological polar surface area (TPSA) is 56.1 Å². The predicted molar refractivity (Wildman–Crippen MR) is 102 cm³/mol. The Bertz CT molecular complexity index is 910. The quantitative estimate of drug-likeness (QED) is 0.755. The van der Waals surface area contributed by atoms with Crippen LogP contribution < -0.4 is 10.1 Å². The average molecular weight is 349 g/mol. The van der Waals surface area contributed by atoms with Crippen LogP contribution in [0.3, 0.4) is 0 Å². The Hall–Kier alpha value is -3.08. The Labute approximate surface area is 153 Å². The molecule has 0 aliphatic carbocycles. The molecular formula is C21H23N3O2. The summed E-state index contributed by atoms with van der Waals surface area (Å²) in [7, 11) is 1.78. The van der Waals surface area contributed by atoms with Crippen LogP contribution in [0.15, 0.2) is 48.5 Å². The number of carbonyl (C=O) groups is 1. The van der Waals surface area contributed by atoms with Gasteiger partial charge >= 0.3 is 0 Å². The zero-order chi connectivity index (χ0) is 18.7. The first-order valence-electron chi connectivity index (χ1n) is 8.56. The van der Waals surface area contributed by atoms with Gasteiger partial charge in [0.2, 0.25) is 0 Å². The second kappa shape index (κ2) is 7.44. The van der Waals surface area contributed by atoms with Crippen LogP contribution in [-0.2, 0) is 13.6 Å². The molecule has 134 valence electrons. The van der Waals surface area contributed by atoms with Gasteiger partial charge in [-0.2, -0.15) is 5.10 Å². The van der Waals surface area contributed by atoms with Crippen LogP contribution in [0.1, 0.15) is 32.9 Å². The van der Waals surface area contributed by atoms with E-state index in [1.165, 1.54) is 5.56 Å². The first kappa shape index (κ1) is 17.7. The molecule has 3 rings (SSSR count). The minimum atomic E-state index is -0.120. The molecule has 0 unspecified atom stereocenters.